The van der Waals surface area contributed by atoms with Gasteiger partial charge in [-0.3, -0.25) is 0 Å². The molecule has 7 heteroatoms. The molecular weight excluding hydrogens is 142 g/mol. The van der Waals surface area contributed by atoms with Crippen LogP contribution in [-0.2, 0) is 0 Å². The molecule has 0 unspecified atom stereocenters. The van der Waals surface area contributed by atoms with Crippen molar-refractivity contribution >= 4 is 17.5 Å². The largest absolute Gasteiger partial charge is 1.00 e. The van der Waals surface area contributed by atoms with E-state index in [1.54, 1.807) is 0 Å². The second-order valence-corrected chi connectivity index (χ2v) is 1.80. The van der Waals surface area contributed by atoms with E-state index in [-0.39, 0.29) is 61.2 Å². The minimum Gasteiger partial charge on any atom is -1.00 e. The quantitative estimate of drug-likeness (QED) is 0.257. The van der Waals surface area contributed by atoms with Crippen molar-refractivity contribution in [3.05, 3.63) is 0 Å². The molecule has 0 aliphatic heterocycles. The molecule has 0 rings (SSSR count). The SMILES string of the molecule is O[Si](O)(O)O.[B].[H-].[K+]. The first kappa shape index (κ1) is 15.9. The van der Waals surface area contributed by atoms with Crippen LogP contribution in [0, 0.1) is 0 Å². The Kier molecular flexibility index (Phi) is 13.4. The molecule has 0 saturated carbocycles. The van der Waals surface area contributed by atoms with Crippen LogP contribution in [0.2, 0.25) is 0 Å². The van der Waals surface area contributed by atoms with Gasteiger partial charge in [-0.05, 0) is 0 Å². The predicted octanol–water partition coefficient (Wildman–Crippen LogP) is -5.87. The monoisotopic (exact) mass is 147 g/mol. The Morgan fingerprint density at radius 3 is 1.00 bits per heavy atom. The summed E-state index contributed by atoms with van der Waals surface area (Å²) in [7, 11) is -4.61. The Labute approximate surface area is 88.2 Å². The van der Waals surface area contributed by atoms with Crippen molar-refractivity contribution in [3.8, 4) is 0 Å². The molecular formula is H5BKO4Si. The molecule has 0 amide bonds. The van der Waals surface area contributed by atoms with Crippen molar-refractivity contribution < 1.29 is 72.0 Å². The van der Waals surface area contributed by atoms with Crippen molar-refractivity contribution in [2.75, 3.05) is 0 Å². The molecule has 0 aliphatic carbocycles. The van der Waals surface area contributed by atoms with Crippen molar-refractivity contribution in [2.24, 2.45) is 0 Å². The summed E-state index contributed by atoms with van der Waals surface area (Å²) in [6.07, 6.45) is 0. The zero-order valence-electron chi connectivity index (χ0n) is 4.87. The molecule has 4 N–H and O–H groups in total. The molecule has 4 nitrogen and oxygen atoms in total. The first-order valence-electron chi connectivity index (χ1n) is 0.894. The maximum atomic E-state index is 7.33. The Morgan fingerprint density at radius 2 is 1.00 bits per heavy atom. The minimum atomic E-state index is -4.61. The van der Waals surface area contributed by atoms with Crippen LogP contribution < -0.4 is 51.4 Å². The number of hydrogen-bond acceptors (Lipinski definition) is 4. The molecule has 0 aliphatic rings. The van der Waals surface area contributed by atoms with Crippen LogP contribution in [-0.4, -0.2) is 36.6 Å². The van der Waals surface area contributed by atoms with Crippen LogP contribution in [0.3, 0.4) is 0 Å². The Morgan fingerprint density at radius 1 is 1.00 bits per heavy atom. The van der Waals surface area contributed by atoms with Crippen LogP contribution in [0.5, 0.6) is 0 Å². The third-order valence-corrected chi connectivity index (χ3v) is 0. The van der Waals surface area contributed by atoms with Crippen molar-refractivity contribution in [3.63, 3.8) is 0 Å². The molecule has 0 aromatic heterocycles. The minimum absolute atomic E-state index is 0. The van der Waals surface area contributed by atoms with Crippen molar-refractivity contribution in [1.82, 2.24) is 0 Å². The van der Waals surface area contributed by atoms with E-state index in [2.05, 4.69) is 0 Å². The average molecular weight is 147 g/mol. The zero-order chi connectivity index (χ0) is 4.50. The molecule has 0 fully saturated rings. The van der Waals surface area contributed by atoms with Gasteiger partial charge < -0.3 is 20.6 Å². The fraction of sp³-hybridized carbons (Fsp3) is 0. The fourth-order valence-corrected chi connectivity index (χ4v) is 0. The molecule has 0 bridgehead atoms. The van der Waals surface area contributed by atoms with Crippen LogP contribution in [0.1, 0.15) is 1.43 Å². The predicted molar refractivity (Wildman–Crippen MR) is 21.5 cm³/mol. The van der Waals surface area contributed by atoms with Gasteiger partial charge in [0.2, 0.25) is 0 Å². The van der Waals surface area contributed by atoms with Gasteiger partial charge in [-0.1, -0.05) is 0 Å². The standard InChI is InChI=1S/B.K.H4O4Si.H/c;;1-5(2,3)4;/h;;1-4H;/q;+1;;-1. The van der Waals surface area contributed by atoms with Gasteiger partial charge in [0.05, 0.1) is 0 Å². The molecule has 0 spiro atoms. The van der Waals surface area contributed by atoms with Gasteiger partial charge in [0, 0.05) is 8.41 Å². The summed E-state index contributed by atoms with van der Waals surface area (Å²) in [5.41, 5.74) is 0. The van der Waals surface area contributed by atoms with E-state index in [1.807, 2.05) is 0 Å². The van der Waals surface area contributed by atoms with E-state index in [0.29, 0.717) is 0 Å². The summed E-state index contributed by atoms with van der Waals surface area (Å²) in [4.78, 5) is 29.3. The van der Waals surface area contributed by atoms with Gasteiger partial charge >= 0.3 is 60.4 Å². The van der Waals surface area contributed by atoms with Crippen molar-refractivity contribution in [2.45, 2.75) is 0 Å². The summed E-state index contributed by atoms with van der Waals surface area (Å²) in [5.74, 6) is 0. The van der Waals surface area contributed by atoms with Gasteiger partial charge in [-0.2, -0.15) is 0 Å². The summed E-state index contributed by atoms with van der Waals surface area (Å²) >= 11 is 0. The Bertz CT molecular complexity index is 31.5. The summed E-state index contributed by atoms with van der Waals surface area (Å²) in [6.45, 7) is 0. The molecule has 0 atom stereocenters. The Balaban J connectivity index is -0.0000000267. The van der Waals surface area contributed by atoms with E-state index in [9.17, 15) is 0 Å². The first-order valence-corrected chi connectivity index (χ1v) is 2.68. The van der Waals surface area contributed by atoms with Crippen LogP contribution in [0.25, 0.3) is 0 Å². The van der Waals surface area contributed by atoms with Gasteiger partial charge in [0.15, 0.2) is 0 Å². The van der Waals surface area contributed by atoms with E-state index in [4.69, 9.17) is 19.2 Å². The second kappa shape index (κ2) is 5.89. The molecule has 3 radical (unpaired) electrons. The molecule has 37 valence electrons. The van der Waals surface area contributed by atoms with E-state index in [1.165, 1.54) is 0 Å². The summed E-state index contributed by atoms with van der Waals surface area (Å²) < 4.78 is 0. The Hall–Kier alpha value is 1.76. The summed E-state index contributed by atoms with van der Waals surface area (Å²) in [6, 6.07) is 0. The smallest absolute Gasteiger partial charge is 1.00 e. The van der Waals surface area contributed by atoms with Gasteiger partial charge in [-0.15, -0.1) is 0 Å². The fourth-order valence-electron chi connectivity index (χ4n) is 0. The molecule has 0 heterocycles. The normalized spacial score (nSPS) is 8.57. The van der Waals surface area contributed by atoms with Crippen molar-refractivity contribution in [1.29, 1.82) is 0 Å². The van der Waals surface area contributed by atoms with Gasteiger partial charge in [-0.25, -0.2) is 0 Å². The maximum absolute atomic E-state index is 7.33. The van der Waals surface area contributed by atoms with E-state index in [0.717, 1.165) is 0 Å². The molecule has 0 saturated heterocycles. The molecule has 7 heavy (non-hydrogen) atoms. The number of hydrogen-bond donors (Lipinski definition) is 4. The van der Waals surface area contributed by atoms with Gasteiger partial charge in [0.25, 0.3) is 0 Å². The van der Waals surface area contributed by atoms with Crippen LogP contribution in [0.15, 0.2) is 0 Å². The third-order valence-electron chi connectivity index (χ3n) is 0. The van der Waals surface area contributed by atoms with Gasteiger partial charge in [0.1, 0.15) is 0 Å². The molecule has 0 aromatic rings. The third kappa shape index (κ3) is 83.2. The zero-order valence-corrected chi connectivity index (χ0v) is 7.99. The van der Waals surface area contributed by atoms with Crippen LogP contribution in [0.4, 0.5) is 0 Å². The maximum Gasteiger partial charge on any atom is 1.00 e. The topological polar surface area (TPSA) is 80.9 Å². The first-order chi connectivity index (χ1) is 2.00. The molecule has 0 aromatic carbocycles. The van der Waals surface area contributed by atoms with E-state index >= 15 is 0 Å². The second-order valence-electron chi connectivity index (χ2n) is 0.600. The average Bonchev–Trinajstić information content (AvgIpc) is 0.722. The van der Waals surface area contributed by atoms with E-state index < -0.39 is 9.05 Å². The summed E-state index contributed by atoms with van der Waals surface area (Å²) in [5, 5.41) is 0. The van der Waals surface area contributed by atoms with Crippen LogP contribution >= 0.6 is 0 Å². The number of rotatable bonds is 0.